The van der Waals surface area contributed by atoms with Gasteiger partial charge in [0.25, 0.3) is 5.91 Å². The third-order valence-electron chi connectivity index (χ3n) is 3.95. The minimum atomic E-state index is -3.04. The first-order chi connectivity index (χ1) is 11.6. The van der Waals surface area contributed by atoms with Crippen molar-refractivity contribution in [3.63, 3.8) is 0 Å². The van der Waals surface area contributed by atoms with Gasteiger partial charge < -0.3 is 18.8 Å². The van der Waals surface area contributed by atoms with Gasteiger partial charge in [-0.2, -0.15) is 8.78 Å². The number of nitrogens with zero attached hydrogens (tertiary/aromatic N) is 1. The maximum Gasteiger partial charge on any atom is 0.387 e. The number of methoxy groups -OCH3 is 1. The minimum absolute atomic E-state index is 0.0570. The molecule has 0 spiro atoms. The molecule has 128 valence electrons. The maximum absolute atomic E-state index is 12.9. The van der Waals surface area contributed by atoms with Crippen LogP contribution in [-0.2, 0) is 13.0 Å². The Labute approximate surface area is 137 Å². The number of para-hydroxylation sites is 1. The monoisotopic (exact) mass is 337 g/mol. The number of aryl methyl sites for hydroxylation is 1. The Hall–Kier alpha value is -2.57. The Morgan fingerprint density at radius 1 is 1.33 bits per heavy atom. The van der Waals surface area contributed by atoms with Crippen molar-refractivity contribution in [1.82, 2.24) is 4.90 Å². The Balaban J connectivity index is 1.92. The van der Waals surface area contributed by atoms with Gasteiger partial charge in [0.2, 0.25) is 0 Å². The van der Waals surface area contributed by atoms with Gasteiger partial charge in [0.1, 0.15) is 5.76 Å². The van der Waals surface area contributed by atoms with E-state index in [4.69, 9.17) is 9.15 Å². The van der Waals surface area contributed by atoms with E-state index >= 15 is 0 Å². The number of amides is 1. The molecule has 0 N–H and O–H groups in total. The predicted molar refractivity (Wildman–Crippen MR) is 81.4 cm³/mol. The number of ether oxygens (including phenoxy) is 2. The summed E-state index contributed by atoms with van der Waals surface area (Å²) in [5.41, 5.74) is 0.988. The van der Waals surface area contributed by atoms with Crippen LogP contribution in [-0.4, -0.2) is 31.1 Å². The molecule has 24 heavy (non-hydrogen) atoms. The number of halogens is 2. The van der Waals surface area contributed by atoms with Crippen molar-refractivity contribution in [2.75, 3.05) is 13.7 Å². The van der Waals surface area contributed by atoms with E-state index in [1.54, 1.807) is 17.2 Å². The van der Waals surface area contributed by atoms with Crippen molar-refractivity contribution in [2.45, 2.75) is 26.0 Å². The molecular formula is C17H17F2NO4. The van der Waals surface area contributed by atoms with Crippen LogP contribution >= 0.6 is 0 Å². The van der Waals surface area contributed by atoms with Crippen LogP contribution < -0.4 is 9.47 Å². The predicted octanol–water partition coefficient (Wildman–Crippen LogP) is 3.48. The van der Waals surface area contributed by atoms with E-state index in [1.165, 1.54) is 19.2 Å². The molecule has 0 atom stereocenters. The summed E-state index contributed by atoms with van der Waals surface area (Å²) < 4.78 is 40.4. The fourth-order valence-corrected chi connectivity index (χ4v) is 2.84. The lowest BCUT2D eigenvalue weighted by molar-refractivity contribution is -0.0516. The van der Waals surface area contributed by atoms with Crippen LogP contribution in [0.1, 0.15) is 28.1 Å². The summed E-state index contributed by atoms with van der Waals surface area (Å²) in [7, 11) is 1.34. The lowest BCUT2D eigenvalue weighted by Crippen LogP contribution is -2.31. The lowest BCUT2D eigenvalue weighted by Gasteiger charge is -2.22. The Morgan fingerprint density at radius 3 is 2.92 bits per heavy atom. The van der Waals surface area contributed by atoms with Crippen molar-refractivity contribution < 1.29 is 27.5 Å². The van der Waals surface area contributed by atoms with Crippen LogP contribution in [0, 0.1) is 0 Å². The summed E-state index contributed by atoms with van der Waals surface area (Å²) >= 11 is 0. The standard InChI is InChI=1S/C17H17F2NO4/c1-22-14-5-2-4-12(15(14)24-17(18)19)16(21)20-8-3-6-13-11(10-20)7-9-23-13/h2,4-5,7,9,17H,3,6,8,10H2,1H3. The quantitative estimate of drug-likeness (QED) is 0.857. The number of rotatable bonds is 4. The van der Waals surface area contributed by atoms with E-state index in [2.05, 4.69) is 4.74 Å². The van der Waals surface area contributed by atoms with Gasteiger partial charge in [-0.15, -0.1) is 0 Å². The highest BCUT2D eigenvalue weighted by Crippen LogP contribution is 2.34. The van der Waals surface area contributed by atoms with Crippen molar-refractivity contribution in [3.05, 3.63) is 47.4 Å². The topological polar surface area (TPSA) is 51.9 Å². The van der Waals surface area contributed by atoms with Gasteiger partial charge in [0, 0.05) is 25.1 Å². The van der Waals surface area contributed by atoms with Crippen LogP contribution in [0.4, 0.5) is 8.78 Å². The molecule has 3 rings (SSSR count). The van der Waals surface area contributed by atoms with Gasteiger partial charge in [0.15, 0.2) is 11.5 Å². The van der Waals surface area contributed by atoms with Gasteiger partial charge in [-0.3, -0.25) is 4.79 Å². The van der Waals surface area contributed by atoms with Crippen molar-refractivity contribution in [2.24, 2.45) is 0 Å². The van der Waals surface area contributed by atoms with Crippen molar-refractivity contribution in [1.29, 1.82) is 0 Å². The molecule has 1 aliphatic heterocycles. The minimum Gasteiger partial charge on any atom is -0.493 e. The number of hydrogen-bond acceptors (Lipinski definition) is 4. The molecule has 7 heteroatoms. The largest absolute Gasteiger partial charge is 0.493 e. The molecule has 2 aromatic rings. The normalized spacial score (nSPS) is 14.2. The molecule has 0 radical (unpaired) electrons. The van der Waals surface area contributed by atoms with E-state index in [9.17, 15) is 13.6 Å². The molecule has 5 nitrogen and oxygen atoms in total. The lowest BCUT2D eigenvalue weighted by atomic mass is 10.1. The molecule has 0 aliphatic carbocycles. The second-order valence-corrected chi connectivity index (χ2v) is 5.41. The van der Waals surface area contributed by atoms with E-state index in [1.807, 2.05) is 6.07 Å². The number of hydrogen-bond donors (Lipinski definition) is 0. The molecule has 1 amide bonds. The SMILES string of the molecule is COc1cccc(C(=O)N2CCCc3occc3C2)c1OC(F)F. The Bertz CT molecular complexity index is 729. The number of fused-ring (bicyclic) bond motifs is 1. The average molecular weight is 337 g/mol. The molecule has 0 saturated heterocycles. The third-order valence-corrected chi connectivity index (χ3v) is 3.95. The number of benzene rings is 1. The number of furan rings is 1. The number of carbonyl (C=O) groups is 1. The molecule has 1 aromatic heterocycles. The summed E-state index contributed by atoms with van der Waals surface area (Å²) in [5, 5.41) is 0. The second kappa shape index (κ2) is 6.90. The summed E-state index contributed by atoms with van der Waals surface area (Å²) in [6.07, 6.45) is 3.07. The van der Waals surface area contributed by atoms with Crippen LogP contribution in [0.2, 0.25) is 0 Å². The first kappa shape index (κ1) is 16.3. The summed E-state index contributed by atoms with van der Waals surface area (Å²) in [6, 6.07) is 6.34. The average Bonchev–Trinajstić information content (AvgIpc) is 2.90. The summed E-state index contributed by atoms with van der Waals surface area (Å²) in [6.45, 7) is -2.16. The zero-order valence-corrected chi connectivity index (χ0v) is 13.1. The molecule has 0 bridgehead atoms. The zero-order valence-electron chi connectivity index (χ0n) is 13.1. The molecule has 0 unspecified atom stereocenters. The maximum atomic E-state index is 12.9. The van der Waals surface area contributed by atoms with Gasteiger partial charge in [-0.05, 0) is 24.6 Å². The van der Waals surface area contributed by atoms with Gasteiger partial charge >= 0.3 is 6.61 Å². The van der Waals surface area contributed by atoms with Crippen LogP contribution in [0.15, 0.2) is 34.9 Å². The van der Waals surface area contributed by atoms with Gasteiger partial charge in [0.05, 0.1) is 18.9 Å². The van der Waals surface area contributed by atoms with E-state index in [0.29, 0.717) is 13.1 Å². The Morgan fingerprint density at radius 2 is 2.17 bits per heavy atom. The van der Waals surface area contributed by atoms with E-state index in [-0.39, 0.29) is 23.0 Å². The van der Waals surface area contributed by atoms with Crippen LogP contribution in [0.5, 0.6) is 11.5 Å². The molecule has 1 aromatic carbocycles. The molecule has 2 heterocycles. The molecule has 0 fully saturated rings. The number of alkyl halides is 2. The number of carbonyl (C=O) groups excluding carboxylic acids is 1. The summed E-state index contributed by atoms with van der Waals surface area (Å²) in [5.74, 6) is 0.343. The highest BCUT2D eigenvalue weighted by atomic mass is 19.3. The van der Waals surface area contributed by atoms with E-state index < -0.39 is 6.61 Å². The molecular weight excluding hydrogens is 320 g/mol. The zero-order chi connectivity index (χ0) is 17.1. The highest BCUT2D eigenvalue weighted by Gasteiger charge is 2.26. The van der Waals surface area contributed by atoms with E-state index in [0.717, 1.165) is 24.2 Å². The van der Waals surface area contributed by atoms with Gasteiger partial charge in [-0.25, -0.2) is 0 Å². The first-order valence-corrected chi connectivity index (χ1v) is 7.56. The fourth-order valence-electron chi connectivity index (χ4n) is 2.84. The molecule has 1 aliphatic rings. The van der Waals surface area contributed by atoms with Gasteiger partial charge in [-0.1, -0.05) is 6.07 Å². The Kier molecular flexibility index (Phi) is 4.69. The van der Waals surface area contributed by atoms with Crippen molar-refractivity contribution in [3.8, 4) is 11.5 Å². The third kappa shape index (κ3) is 3.20. The van der Waals surface area contributed by atoms with Crippen LogP contribution in [0.25, 0.3) is 0 Å². The second-order valence-electron chi connectivity index (χ2n) is 5.41. The smallest absolute Gasteiger partial charge is 0.387 e. The highest BCUT2D eigenvalue weighted by molar-refractivity contribution is 5.97. The summed E-state index contributed by atoms with van der Waals surface area (Å²) in [4.78, 5) is 14.5. The first-order valence-electron chi connectivity index (χ1n) is 7.56. The fraction of sp³-hybridized carbons (Fsp3) is 0.353. The molecule has 0 saturated carbocycles. The van der Waals surface area contributed by atoms with Crippen LogP contribution in [0.3, 0.4) is 0 Å². The van der Waals surface area contributed by atoms with Crippen molar-refractivity contribution >= 4 is 5.91 Å².